The number of piperazine rings is 1. The quantitative estimate of drug-likeness (QED) is 0.796. The van der Waals surface area contributed by atoms with Crippen molar-refractivity contribution in [3.63, 3.8) is 0 Å². The Balaban J connectivity index is 1.73. The topological polar surface area (TPSA) is 95.7 Å². The summed E-state index contributed by atoms with van der Waals surface area (Å²) in [6, 6.07) is 6.74. The average molecular weight is 346 g/mol. The summed E-state index contributed by atoms with van der Waals surface area (Å²) in [6.07, 6.45) is 0.229. The zero-order valence-corrected chi connectivity index (χ0v) is 14.8. The van der Waals surface area contributed by atoms with Crippen LogP contribution >= 0.6 is 0 Å². The van der Waals surface area contributed by atoms with Crippen LogP contribution in [0.25, 0.3) is 0 Å². The van der Waals surface area contributed by atoms with Gasteiger partial charge in [-0.2, -0.15) is 0 Å². The number of carbonyl (C=O) groups is 3. The molecule has 7 heteroatoms. The molecule has 0 radical (unpaired) electrons. The molecule has 3 N–H and O–H groups in total. The third kappa shape index (κ3) is 5.29. The van der Waals surface area contributed by atoms with Gasteiger partial charge in [-0.05, 0) is 12.5 Å². The minimum atomic E-state index is -0.741. The zero-order valence-electron chi connectivity index (χ0n) is 14.8. The molecule has 1 unspecified atom stereocenters. The van der Waals surface area contributed by atoms with Gasteiger partial charge in [0.25, 0.3) is 0 Å². The molecule has 1 aliphatic rings. The van der Waals surface area contributed by atoms with Gasteiger partial charge in [-0.25, -0.2) is 0 Å². The van der Waals surface area contributed by atoms with Crippen molar-refractivity contribution in [3.8, 4) is 0 Å². The van der Waals surface area contributed by atoms with Gasteiger partial charge in [0.15, 0.2) is 0 Å². The fourth-order valence-electron chi connectivity index (χ4n) is 2.76. The molecule has 136 valence electrons. The van der Waals surface area contributed by atoms with Crippen molar-refractivity contribution in [2.45, 2.75) is 26.3 Å². The first kappa shape index (κ1) is 18.9. The molecular formula is C18H26N4O3. The Hall–Kier alpha value is -2.41. The molecular weight excluding hydrogens is 320 g/mol. The van der Waals surface area contributed by atoms with Crippen LogP contribution in [0.4, 0.5) is 0 Å². The smallest absolute Gasteiger partial charge is 0.241 e. The van der Waals surface area contributed by atoms with Gasteiger partial charge in [-0.1, -0.05) is 29.8 Å². The van der Waals surface area contributed by atoms with Crippen molar-refractivity contribution >= 4 is 17.7 Å². The van der Waals surface area contributed by atoms with Crippen LogP contribution in [0.2, 0.25) is 0 Å². The zero-order chi connectivity index (χ0) is 18.4. The normalized spacial score (nSPS) is 15.6. The van der Waals surface area contributed by atoms with Crippen molar-refractivity contribution in [2.24, 2.45) is 5.73 Å². The van der Waals surface area contributed by atoms with Gasteiger partial charge in [-0.3, -0.25) is 14.4 Å². The van der Waals surface area contributed by atoms with Crippen LogP contribution in [-0.4, -0.2) is 60.2 Å². The Kier molecular flexibility index (Phi) is 6.52. The molecule has 1 aromatic carbocycles. The maximum atomic E-state index is 12.2. The minimum Gasteiger partial charge on any atom is -0.354 e. The Bertz CT molecular complexity index is 622. The summed E-state index contributed by atoms with van der Waals surface area (Å²) in [5.74, 6) is -0.282. The highest BCUT2D eigenvalue weighted by atomic mass is 16.2. The summed E-state index contributed by atoms with van der Waals surface area (Å²) in [5, 5.41) is 2.72. The van der Waals surface area contributed by atoms with Crippen LogP contribution in [0.3, 0.4) is 0 Å². The van der Waals surface area contributed by atoms with E-state index in [-0.39, 0.29) is 30.7 Å². The second-order valence-corrected chi connectivity index (χ2v) is 6.32. The van der Waals surface area contributed by atoms with E-state index < -0.39 is 6.04 Å². The van der Waals surface area contributed by atoms with Crippen LogP contribution in [0.15, 0.2) is 24.3 Å². The largest absolute Gasteiger partial charge is 0.354 e. The van der Waals surface area contributed by atoms with Crippen LogP contribution < -0.4 is 11.1 Å². The Labute approximate surface area is 148 Å². The number of hydrogen-bond donors (Lipinski definition) is 2. The van der Waals surface area contributed by atoms with Gasteiger partial charge >= 0.3 is 0 Å². The maximum absolute atomic E-state index is 12.2. The van der Waals surface area contributed by atoms with E-state index >= 15 is 0 Å². The summed E-state index contributed by atoms with van der Waals surface area (Å²) in [6.45, 7) is 5.95. The van der Waals surface area contributed by atoms with E-state index in [1.165, 1.54) is 6.92 Å². The maximum Gasteiger partial charge on any atom is 0.241 e. The van der Waals surface area contributed by atoms with Crippen molar-refractivity contribution in [3.05, 3.63) is 35.4 Å². The molecule has 3 amide bonds. The van der Waals surface area contributed by atoms with E-state index in [0.717, 1.165) is 11.1 Å². The Morgan fingerprint density at radius 1 is 1.08 bits per heavy atom. The molecule has 0 aromatic heterocycles. The lowest BCUT2D eigenvalue weighted by Crippen LogP contribution is -2.50. The number of rotatable bonds is 5. The highest BCUT2D eigenvalue weighted by molar-refractivity contribution is 5.84. The summed E-state index contributed by atoms with van der Waals surface area (Å²) in [4.78, 5) is 39.0. The first-order chi connectivity index (χ1) is 11.9. The lowest BCUT2D eigenvalue weighted by molar-refractivity contribution is -0.138. The fourth-order valence-corrected chi connectivity index (χ4v) is 2.76. The molecule has 0 aliphatic carbocycles. The molecule has 1 fully saturated rings. The number of nitrogens with one attached hydrogen (secondary N) is 1. The van der Waals surface area contributed by atoms with Gasteiger partial charge < -0.3 is 20.9 Å². The van der Waals surface area contributed by atoms with Crippen molar-refractivity contribution in [1.82, 2.24) is 15.1 Å². The summed E-state index contributed by atoms with van der Waals surface area (Å²) >= 11 is 0. The molecule has 1 saturated heterocycles. The Morgan fingerprint density at radius 2 is 1.64 bits per heavy atom. The predicted octanol–water partition coefficient (Wildman–Crippen LogP) is 0.192. The number of nitrogens with zero attached hydrogens (tertiary/aromatic N) is 2. The van der Waals surface area contributed by atoms with Gasteiger partial charge in [0.1, 0.15) is 6.04 Å². The molecule has 0 spiro atoms. The van der Waals surface area contributed by atoms with Gasteiger partial charge in [0.2, 0.25) is 17.7 Å². The first-order valence-corrected chi connectivity index (χ1v) is 8.51. The van der Waals surface area contributed by atoms with E-state index in [9.17, 15) is 14.4 Å². The minimum absolute atomic E-state index is 0.0209. The molecule has 25 heavy (non-hydrogen) atoms. The van der Waals surface area contributed by atoms with Crippen molar-refractivity contribution in [1.29, 1.82) is 0 Å². The summed E-state index contributed by atoms with van der Waals surface area (Å²) in [5.41, 5.74) is 7.80. The van der Waals surface area contributed by atoms with Crippen LogP contribution in [0, 0.1) is 6.92 Å². The molecule has 1 aromatic rings. The SMILES string of the molecule is CC(=O)N1CCN(C(=O)CCNC(=O)C(N)c2ccc(C)cc2)CC1. The first-order valence-electron chi connectivity index (χ1n) is 8.51. The average Bonchev–Trinajstić information content (AvgIpc) is 2.61. The third-order valence-corrected chi connectivity index (χ3v) is 4.43. The molecule has 1 atom stereocenters. The second kappa shape index (κ2) is 8.62. The van der Waals surface area contributed by atoms with Crippen molar-refractivity contribution < 1.29 is 14.4 Å². The van der Waals surface area contributed by atoms with Crippen LogP contribution in [-0.2, 0) is 14.4 Å². The summed E-state index contributed by atoms with van der Waals surface area (Å²) < 4.78 is 0. The summed E-state index contributed by atoms with van der Waals surface area (Å²) in [7, 11) is 0. The standard InChI is InChI=1S/C18H26N4O3/c1-13-3-5-15(6-4-13)17(19)18(25)20-8-7-16(24)22-11-9-21(10-12-22)14(2)23/h3-6,17H,7-12,19H2,1-2H3,(H,20,25). The van der Waals surface area contributed by atoms with E-state index in [2.05, 4.69) is 5.32 Å². The monoisotopic (exact) mass is 346 g/mol. The van der Waals surface area contributed by atoms with E-state index in [0.29, 0.717) is 26.2 Å². The number of hydrogen-bond acceptors (Lipinski definition) is 4. The lowest BCUT2D eigenvalue weighted by atomic mass is 10.1. The molecule has 1 heterocycles. The van der Waals surface area contributed by atoms with E-state index in [4.69, 9.17) is 5.73 Å². The highest BCUT2D eigenvalue weighted by Gasteiger charge is 2.22. The molecule has 0 saturated carbocycles. The third-order valence-electron chi connectivity index (χ3n) is 4.43. The van der Waals surface area contributed by atoms with E-state index in [1.54, 1.807) is 9.80 Å². The van der Waals surface area contributed by atoms with Crippen molar-refractivity contribution in [2.75, 3.05) is 32.7 Å². The molecule has 7 nitrogen and oxygen atoms in total. The highest BCUT2D eigenvalue weighted by Crippen LogP contribution is 2.11. The Morgan fingerprint density at radius 3 is 2.20 bits per heavy atom. The number of aryl methyl sites for hydroxylation is 1. The molecule has 1 aliphatic heterocycles. The van der Waals surface area contributed by atoms with E-state index in [1.807, 2.05) is 31.2 Å². The number of carbonyl (C=O) groups excluding carboxylic acids is 3. The van der Waals surface area contributed by atoms with Gasteiger partial charge in [0.05, 0.1) is 0 Å². The molecule has 0 bridgehead atoms. The van der Waals surface area contributed by atoms with Gasteiger partial charge in [0, 0.05) is 46.1 Å². The van der Waals surface area contributed by atoms with Gasteiger partial charge in [-0.15, -0.1) is 0 Å². The second-order valence-electron chi connectivity index (χ2n) is 6.32. The number of benzene rings is 1. The lowest BCUT2D eigenvalue weighted by Gasteiger charge is -2.34. The number of nitrogens with two attached hydrogens (primary N) is 1. The predicted molar refractivity (Wildman–Crippen MR) is 94.6 cm³/mol. The van der Waals surface area contributed by atoms with Crippen LogP contribution in [0.5, 0.6) is 0 Å². The molecule has 2 rings (SSSR count). The fraction of sp³-hybridized carbons (Fsp3) is 0.500. The van der Waals surface area contributed by atoms with Crippen LogP contribution in [0.1, 0.15) is 30.5 Å². The number of amides is 3.